The maximum Gasteiger partial charge on any atom is 0.187 e. The first kappa shape index (κ1) is 12.0. The van der Waals surface area contributed by atoms with E-state index < -0.39 is 11.1 Å². The number of hydrogen-bond acceptors (Lipinski definition) is 3. The van der Waals surface area contributed by atoms with Crippen LogP contribution < -0.4 is 11.1 Å². The van der Waals surface area contributed by atoms with E-state index in [1.165, 1.54) is 0 Å². The average molecular weight is 250 g/mol. The number of anilines is 1. The molecule has 17 heavy (non-hydrogen) atoms. The smallest absolute Gasteiger partial charge is 0.187 e. The van der Waals surface area contributed by atoms with Crippen molar-refractivity contribution in [2.24, 2.45) is 5.73 Å². The summed E-state index contributed by atoms with van der Waals surface area (Å²) < 4.78 is 20.4. The summed E-state index contributed by atoms with van der Waals surface area (Å²) in [4.78, 5) is 0.430. The van der Waals surface area contributed by atoms with Crippen molar-refractivity contribution in [3.8, 4) is 0 Å². The molecule has 0 saturated heterocycles. The zero-order chi connectivity index (χ0) is 12.3. The second-order valence-electron chi connectivity index (χ2n) is 3.62. The van der Waals surface area contributed by atoms with Crippen LogP contribution in [-0.4, -0.2) is 21.9 Å². The van der Waals surface area contributed by atoms with Crippen LogP contribution in [0.2, 0.25) is 0 Å². The third kappa shape index (κ3) is 2.46. The molecule has 0 spiro atoms. The molecule has 4 N–H and O–H groups in total. The van der Waals surface area contributed by atoms with E-state index in [1.807, 2.05) is 24.3 Å². The normalized spacial score (nSPS) is 12.6. The molecule has 0 fully saturated rings. The van der Waals surface area contributed by atoms with Crippen molar-refractivity contribution in [2.75, 3.05) is 18.4 Å². The van der Waals surface area contributed by atoms with Crippen molar-refractivity contribution >= 4 is 27.5 Å². The summed E-state index contributed by atoms with van der Waals surface area (Å²) in [5, 5.41) is 4.92. The molecule has 4 nitrogen and oxygen atoms in total. The molecule has 0 aliphatic carbocycles. The monoisotopic (exact) mass is 250 g/mol. The molecule has 0 saturated carbocycles. The summed E-state index contributed by atoms with van der Waals surface area (Å²) in [6.45, 7) is 1.22. The van der Waals surface area contributed by atoms with Crippen molar-refractivity contribution in [3.63, 3.8) is 0 Å². The molecular weight excluding hydrogens is 236 g/mol. The second kappa shape index (κ2) is 5.27. The number of fused-ring (bicyclic) bond motifs is 1. The SMILES string of the molecule is NCCNc1cccc2c(S(=O)O)cccc12. The molecule has 2 aromatic rings. The Kier molecular flexibility index (Phi) is 3.73. The summed E-state index contributed by atoms with van der Waals surface area (Å²) in [6, 6.07) is 11.0. The van der Waals surface area contributed by atoms with Crippen LogP contribution in [-0.2, 0) is 11.1 Å². The van der Waals surface area contributed by atoms with Gasteiger partial charge < -0.3 is 15.6 Å². The minimum Gasteiger partial charge on any atom is -0.383 e. The Balaban J connectivity index is 2.57. The van der Waals surface area contributed by atoms with Gasteiger partial charge in [0.2, 0.25) is 0 Å². The quantitative estimate of drug-likeness (QED) is 0.723. The minimum atomic E-state index is -1.97. The number of hydrogen-bond donors (Lipinski definition) is 3. The number of nitrogens with two attached hydrogens (primary N) is 1. The van der Waals surface area contributed by atoms with Gasteiger partial charge in [-0.05, 0) is 12.1 Å². The molecule has 0 amide bonds. The van der Waals surface area contributed by atoms with Crippen molar-refractivity contribution < 1.29 is 8.76 Å². The van der Waals surface area contributed by atoms with Gasteiger partial charge in [-0.3, -0.25) is 0 Å². The van der Waals surface area contributed by atoms with Crippen LogP contribution in [0.5, 0.6) is 0 Å². The van der Waals surface area contributed by atoms with Crippen LogP contribution >= 0.6 is 0 Å². The first-order chi connectivity index (χ1) is 8.24. The molecule has 2 aromatic carbocycles. The van der Waals surface area contributed by atoms with Crippen LogP contribution in [0.1, 0.15) is 0 Å². The molecule has 0 bridgehead atoms. The number of rotatable bonds is 4. The van der Waals surface area contributed by atoms with Gasteiger partial charge in [0, 0.05) is 29.5 Å². The maximum atomic E-state index is 11.2. The average Bonchev–Trinajstić information content (AvgIpc) is 2.35. The van der Waals surface area contributed by atoms with E-state index in [4.69, 9.17) is 5.73 Å². The zero-order valence-corrected chi connectivity index (χ0v) is 10.0. The molecule has 1 unspecified atom stereocenters. The summed E-state index contributed by atoms with van der Waals surface area (Å²) >= 11 is -1.97. The fourth-order valence-electron chi connectivity index (χ4n) is 1.79. The highest BCUT2D eigenvalue weighted by atomic mass is 32.2. The van der Waals surface area contributed by atoms with Gasteiger partial charge in [0.05, 0.1) is 4.90 Å². The molecule has 0 heterocycles. The van der Waals surface area contributed by atoms with Crippen molar-refractivity contribution in [1.29, 1.82) is 0 Å². The van der Waals surface area contributed by atoms with Crippen LogP contribution in [0, 0.1) is 0 Å². The van der Waals surface area contributed by atoms with Gasteiger partial charge in [0.1, 0.15) is 0 Å². The van der Waals surface area contributed by atoms with Crippen molar-refractivity contribution in [3.05, 3.63) is 36.4 Å². The van der Waals surface area contributed by atoms with Gasteiger partial charge in [0.15, 0.2) is 11.1 Å². The van der Waals surface area contributed by atoms with Crippen molar-refractivity contribution in [1.82, 2.24) is 0 Å². The molecule has 5 heteroatoms. The van der Waals surface area contributed by atoms with E-state index in [0.717, 1.165) is 16.5 Å². The second-order valence-corrected chi connectivity index (χ2v) is 4.56. The van der Waals surface area contributed by atoms with Crippen LogP contribution in [0.15, 0.2) is 41.3 Å². The van der Waals surface area contributed by atoms with Gasteiger partial charge in [-0.15, -0.1) is 0 Å². The first-order valence-corrected chi connectivity index (χ1v) is 6.41. The Morgan fingerprint density at radius 1 is 1.18 bits per heavy atom. The lowest BCUT2D eigenvalue weighted by Crippen LogP contribution is -2.13. The van der Waals surface area contributed by atoms with Crippen molar-refractivity contribution in [2.45, 2.75) is 4.90 Å². The predicted octanol–water partition coefficient (Wildman–Crippen LogP) is 1.79. The van der Waals surface area contributed by atoms with Crippen LogP contribution in [0.25, 0.3) is 10.8 Å². The van der Waals surface area contributed by atoms with E-state index in [2.05, 4.69) is 5.32 Å². The highest BCUT2D eigenvalue weighted by Crippen LogP contribution is 2.27. The maximum absolute atomic E-state index is 11.2. The first-order valence-electron chi connectivity index (χ1n) is 5.30. The number of benzene rings is 2. The summed E-state index contributed by atoms with van der Waals surface area (Å²) in [7, 11) is 0. The summed E-state index contributed by atoms with van der Waals surface area (Å²) in [5.74, 6) is 0. The topological polar surface area (TPSA) is 75.3 Å². The zero-order valence-electron chi connectivity index (χ0n) is 9.22. The Labute approximate surface area is 102 Å². The molecule has 0 aliphatic rings. The molecule has 1 atom stereocenters. The van der Waals surface area contributed by atoms with E-state index >= 15 is 0 Å². The van der Waals surface area contributed by atoms with Gasteiger partial charge in [-0.1, -0.05) is 24.3 Å². The van der Waals surface area contributed by atoms with Gasteiger partial charge >= 0.3 is 0 Å². The highest BCUT2D eigenvalue weighted by molar-refractivity contribution is 7.79. The summed E-state index contributed by atoms with van der Waals surface area (Å²) in [5.41, 5.74) is 6.38. The third-order valence-corrected chi connectivity index (χ3v) is 3.26. The minimum absolute atomic E-state index is 0.430. The van der Waals surface area contributed by atoms with Gasteiger partial charge in [-0.2, -0.15) is 0 Å². The Morgan fingerprint density at radius 2 is 1.88 bits per heavy atom. The standard InChI is InChI=1S/C12H14N2O2S/c13-7-8-14-11-5-1-4-10-9(11)3-2-6-12(10)17(15)16/h1-6,14H,7-8,13H2,(H,15,16). The molecule has 0 radical (unpaired) electrons. The Hall–Kier alpha value is -1.43. The Bertz CT molecular complexity index is 557. The van der Waals surface area contributed by atoms with E-state index in [0.29, 0.717) is 18.0 Å². The third-order valence-electron chi connectivity index (χ3n) is 2.53. The van der Waals surface area contributed by atoms with Crippen LogP contribution in [0.4, 0.5) is 5.69 Å². The molecule has 2 rings (SSSR count). The lowest BCUT2D eigenvalue weighted by atomic mass is 10.1. The molecule has 0 aliphatic heterocycles. The highest BCUT2D eigenvalue weighted by Gasteiger charge is 2.07. The van der Waals surface area contributed by atoms with E-state index in [1.54, 1.807) is 12.1 Å². The summed E-state index contributed by atoms with van der Waals surface area (Å²) in [6.07, 6.45) is 0. The molecule has 90 valence electrons. The predicted molar refractivity (Wildman–Crippen MR) is 70.5 cm³/mol. The van der Waals surface area contributed by atoms with Gasteiger partial charge in [0.25, 0.3) is 0 Å². The fraction of sp³-hybridized carbons (Fsp3) is 0.167. The molecular formula is C12H14N2O2S. The lowest BCUT2D eigenvalue weighted by Gasteiger charge is -2.10. The largest absolute Gasteiger partial charge is 0.383 e. The molecule has 0 aromatic heterocycles. The van der Waals surface area contributed by atoms with Crippen LogP contribution in [0.3, 0.4) is 0 Å². The Morgan fingerprint density at radius 3 is 2.59 bits per heavy atom. The number of nitrogens with one attached hydrogen (secondary N) is 1. The lowest BCUT2D eigenvalue weighted by molar-refractivity contribution is 0.565. The van der Waals surface area contributed by atoms with Gasteiger partial charge in [-0.25, -0.2) is 4.21 Å². The van der Waals surface area contributed by atoms with E-state index in [9.17, 15) is 8.76 Å². The van der Waals surface area contributed by atoms with E-state index in [-0.39, 0.29) is 0 Å². The fourth-order valence-corrected chi connectivity index (χ4v) is 2.36.